The molecule has 4 rings (SSSR count). The lowest BCUT2D eigenvalue weighted by atomic mass is 9.96. The van der Waals surface area contributed by atoms with Crippen molar-refractivity contribution in [2.45, 2.75) is 24.8 Å². The molecule has 2 fully saturated rings. The Kier molecular flexibility index (Phi) is 8.25. The summed E-state index contributed by atoms with van der Waals surface area (Å²) in [7, 11) is 1.82. The summed E-state index contributed by atoms with van der Waals surface area (Å²) in [6.07, 6.45) is 2.36. The number of ether oxygens (including phenoxy) is 1. The van der Waals surface area contributed by atoms with Gasteiger partial charge in [-0.15, -0.1) is 24.0 Å². The lowest BCUT2D eigenvalue weighted by Gasteiger charge is -2.30. The largest absolute Gasteiger partial charge is 0.378 e. The van der Waals surface area contributed by atoms with Crippen LogP contribution in [0.1, 0.15) is 24.0 Å². The molecule has 1 saturated heterocycles. The molecule has 0 aromatic heterocycles. The highest BCUT2D eigenvalue weighted by Crippen LogP contribution is 2.48. The third-order valence-corrected chi connectivity index (χ3v) is 6.13. The van der Waals surface area contributed by atoms with E-state index in [-0.39, 0.29) is 29.4 Å². The van der Waals surface area contributed by atoms with Crippen molar-refractivity contribution >= 4 is 47.2 Å². The van der Waals surface area contributed by atoms with Crippen molar-refractivity contribution in [3.05, 3.63) is 64.7 Å². The van der Waals surface area contributed by atoms with Gasteiger partial charge in [-0.2, -0.15) is 0 Å². The molecule has 7 heteroatoms. The van der Waals surface area contributed by atoms with Gasteiger partial charge in [0.15, 0.2) is 5.96 Å². The molecule has 1 saturated carbocycles. The van der Waals surface area contributed by atoms with Gasteiger partial charge >= 0.3 is 0 Å². The van der Waals surface area contributed by atoms with Gasteiger partial charge in [0.1, 0.15) is 0 Å². The molecule has 2 aliphatic rings. The summed E-state index contributed by atoms with van der Waals surface area (Å²) in [5, 5.41) is 7.81. The summed E-state index contributed by atoms with van der Waals surface area (Å²) in [5.74, 6) is 0.829. The molecule has 1 heterocycles. The second kappa shape index (κ2) is 10.7. The predicted octanol–water partition coefficient (Wildman–Crippen LogP) is 4.19. The molecule has 0 amide bonds. The number of guanidine groups is 1. The Morgan fingerprint density at radius 3 is 2.57 bits per heavy atom. The van der Waals surface area contributed by atoms with E-state index in [4.69, 9.17) is 16.3 Å². The van der Waals surface area contributed by atoms with E-state index >= 15 is 0 Å². The quantitative estimate of drug-likeness (QED) is 0.328. The van der Waals surface area contributed by atoms with Crippen LogP contribution in [0, 0.1) is 0 Å². The molecular weight excluding hydrogens is 511 g/mol. The minimum absolute atomic E-state index is 0. The Bertz CT molecular complexity index is 866. The van der Waals surface area contributed by atoms with Gasteiger partial charge < -0.3 is 20.3 Å². The molecule has 5 nitrogen and oxygen atoms in total. The first-order valence-electron chi connectivity index (χ1n) is 10.3. The fourth-order valence-electron chi connectivity index (χ4n) is 3.96. The molecule has 0 radical (unpaired) electrons. The number of hydrogen-bond acceptors (Lipinski definition) is 3. The molecule has 1 aliphatic heterocycles. The van der Waals surface area contributed by atoms with E-state index in [9.17, 15) is 0 Å². The summed E-state index contributed by atoms with van der Waals surface area (Å²) in [5.41, 5.74) is 4.03. The Morgan fingerprint density at radius 1 is 1.10 bits per heavy atom. The van der Waals surface area contributed by atoms with Crippen LogP contribution < -0.4 is 15.5 Å². The minimum atomic E-state index is 0. The van der Waals surface area contributed by atoms with Crippen LogP contribution in [0.5, 0.6) is 0 Å². The number of nitrogens with zero attached hydrogens (tertiary/aromatic N) is 2. The molecule has 162 valence electrons. The average molecular weight is 541 g/mol. The van der Waals surface area contributed by atoms with Crippen LogP contribution in [0.2, 0.25) is 5.02 Å². The SMILES string of the molecule is CN=C(NCc1ccccc1N1CCOCC1)NCC1(c2cccc(Cl)c2)CC1.I. The number of para-hydroxylation sites is 1. The molecule has 0 bridgehead atoms. The summed E-state index contributed by atoms with van der Waals surface area (Å²) in [6, 6.07) is 16.8. The Morgan fingerprint density at radius 2 is 1.87 bits per heavy atom. The molecular formula is C23H30ClIN4O. The highest BCUT2D eigenvalue weighted by molar-refractivity contribution is 14.0. The Labute approximate surface area is 201 Å². The van der Waals surface area contributed by atoms with Crippen molar-refractivity contribution in [1.82, 2.24) is 10.6 Å². The maximum Gasteiger partial charge on any atom is 0.191 e. The van der Waals surface area contributed by atoms with Crippen molar-refractivity contribution in [3.63, 3.8) is 0 Å². The van der Waals surface area contributed by atoms with Crippen LogP contribution in [0.25, 0.3) is 0 Å². The highest BCUT2D eigenvalue weighted by atomic mass is 127. The van der Waals surface area contributed by atoms with Crippen molar-refractivity contribution in [3.8, 4) is 0 Å². The molecule has 0 atom stereocenters. The number of benzene rings is 2. The monoisotopic (exact) mass is 540 g/mol. The zero-order valence-corrected chi connectivity index (χ0v) is 20.5. The average Bonchev–Trinajstić information content (AvgIpc) is 3.56. The highest BCUT2D eigenvalue weighted by Gasteiger charge is 2.44. The molecule has 2 N–H and O–H groups in total. The lowest BCUT2D eigenvalue weighted by molar-refractivity contribution is 0.122. The Balaban J connectivity index is 0.00000256. The molecule has 0 spiro atoms. The predicted molar refractivity (Wildman–Crippen MR) is 135 cm³/mol. The second-order valence-electron chi connectivity index (χ2n) is 7.80. The normalized spacial score (nSPS) is 17.8. The van der Waals surface area contributed by atoms with Crippen LogP contribution in [0.3, 0.4) is 0 Å². The van der Waals surface area contributed by atoms with Crippen molar-refractivity contribution in [2.24, 2.45) is 4.99 Å². The van der Waals surface area contributed by atoms with Gasteiger partial charge in [0, 0.05) is 49.4 Å². The van der Waals surface area contributed by atoms with E-state index in [0.717, 1.165) is 50.4 Å². The van der Waals surface area contributed by atoms with E-state index in [1.807, 2.05) is 19.2 Å². The van der Waals surface area contributed by atoms with Gasteiger partial charge in [0.2, 0.25) is 0 Å². The molecule has 1 aliphatic carbocycles. The van der Waals surface area contributed by atoms with E-state index in [2.05, 4.69) is 56.9 Å². The number of morpholine rings is 1. The van der Waals surface area contributed by atoms with Crippen LogP contribution >= 0.6 is 35.6 Å². The number of anilines is 1. The van der Waals surface area contributed by atoms with E-state index in [0.29, 0.717) is 0 Å². The number of nitrogens with one attached hydrogen (secondary N) is 2. The second-order valence-corrected chi connectivity index (χ2v) is 8.23. The first kappa shape index (κ1) is 23.2. The Hall–Kier alpha value is -1.51. The fourth-order valence-corrected chi connectivity index (χ4v) is 4.15. The third-order valence-electron chi connectivity index (χ3n) is 5.90. The summed E-state index contributed by atoms with van der Waals surface area (Å²) in [4.78, 5) is 6.82. The van der Waals surface area contributed by atoms with Crippen LogP contribution in [0.4, 0.5) is 5.69 Å². The maximum atomic E-state index is 6.20. The van der Waals surface area contributed by atoms with Crippen molar-refractivity contribution < 1.29 is 4.74 Å². The maximum absolute atomic E-state index is 6.20. The first-order valence-corrected chi connectivity index (χ1v) is 10.7. The zero-order valence-electron chi connectivity index (χ0n) is 17.4. The summed E-state index contributed by atoms with van der Waals surface area (Å²) in [6.45, 7) is 5.04. The van der Waals surface area contributed by atoms with E-state index < -0.39 is 0 Å². The topological polar surface area (TPSA) is 48.9 Å². The summed E-state index contributed by atoms with van der Waals surface area (Å²) >= 11 is 6.20. The van der Waals surface area contributed by atoms with Crippen molar-refractivity contribution in [2.75, 3.05) is 44.8 Å². The third kappa shape index (κ3) is 5.59. The number of rotatable bonds is 6. The number of hydrogen-bond donors (Lipinski definition) is 2. The smallest absolute Gasteiger partial charge is 0.191 e. The van der Waals surface area contributed by atoms with Crippen molar-refractivity contribution in [1.29, 1.82) is 0 Å². The molecule has 0 unspecified atom stereocenters. The van der Waals surface area contributed by atoms with Gasteiger partial charge in [-0.05, 0) is 42.2 Å². The van der Waals surface area contributed by atoms with Crippen LogP contribution in [0.15, 0.2) is 53.5 Å². The summed E-state index contributed by atoms with van der Waals surface area (Å²) < 4.78 is 5.50. The standard InChI is InChI=1S/C23H29ClN4O.HI/c1-25-22(27-17-23(9-10-23)19-6-4-7-20(24)15-19)26-16-18-5-2-3-8-21(18)28-11-13-29-14-12-28;/h2-8,15H,9-14,16-17H2,1H3,(H2,25,26,27);1H. The van der Waals surface area contributed by atoms with Gasteiger partial charge in [-0.1, -0.05) is 41.9 Å². The lowest BCUT2D eigenvalue weighted by Crippen LogP contribution is -2.41. The van der Waals surface area contributed by atoms with Gasteiger partial charge in [0.25, 0.3) is 0 Å². The van der Waals surface area contributed by atoms with Crippen LogP contribution in [-0.2, 0) is 16.7 Å². The number of aliphatic imine (C=N–C) groups is 1. The van der Waals surface area contributed by atoms with Gasteiger partial charge in [-0.3, -0.25) is 4.99 Å². The first-order chi connectivity index (χ1) is 14.2. The molecule has 30 heavy (non-hydrogen) atoms. The van der Waals surface area contributed by atoms with E-state index in [1.54, 1.807) is 0 Å². The van der Waals surface area contributed by atoms with Gasteiger partial charge in [0.05, 0.1) is 13.2 Å². The number of halogens is 2. The van der Waals surface area contributed by atoms with Crippen LogP contribution in [-0.4, -0.2) is 45.9 Å². The molecule has 2 aromatic rings. The zero-order chi connectivity index (χ0) is 20.1. The van der Waals surface area contributed by atoms with E-state index in [1.165, 1.54) is 29.7 Å². The molecule has 2 aromatic carbocycles. The fraction of sp³-hybridized carbons (Fsp3) is 0.435. The minimum Gasteiger partial charge on any atom is -0.378 e. The van der Waals surface area contributed by atoms with Gasteiger partial charge in [-0.25, -0.2) is 0 Å².